The van der Waals surface area contributed by atoms with Crippen LogP contribution in [0.4, 0.5) is 0 Å². The van der Waals surface area contributed by atoms with Crippen molar-refractivity contribution in [1.29, 1.82) is 0 Å². The van der Waals surface area contributed by atoms with Crippen molar-refractivity contribution in [3.8, 4) is 0 Å². The molecule has 4 N–H and O–H groups in total. The van der Waals surface area contributed by atoms with Crippen molar-refractivity contribution in [3.05, 3.63) is 12.2 Å². The second-order valence-corrected chi connectivity index (χ2v) is 13.5. The monoisotopic (exact) mass is 580 g/mol. The fraction of sp³-hybridized carbons (Fsp3) is 0.933. The minimum absolute atomic E-state index is 0.0615. The molecule has 8 nitrogen and oxygen atoms in total. The number of rotatable bonds is 28. The normalized spacial score (nSPS) is 15.7. The summed E-state index contributed by atoms with van der Waals surface area (Å²) >= 11 is 0. The highest BCUT2D eigenvalue weighted by atomic mass is 31.2. The van der Waals surface area contributed by atoms with Crippen molar-refractivity contribution >= 4 is 7.60 Å². The lowest BCUT2D eigenvalue weighted by atomic mass is 10.1. The lowest BCUT2D eigenvalue weighted by Crippen LogP contribution is -2.50. The Labute approximate surface area is 239 Å². The van der Waals surface area contributed by atoms with E-state index in [1.807, 2.05) is 6.92 Å². The van der Waals surface area contributed by atoms with Gasteiger partial charge in [-0.05, 0) is 38.5 Å². The molecule has 0 aromatic carbocycles. The fourth-order valence-electron chi connectivity index (χ4n) is 4.76. The van der Waals surface area contributed by atoms with Gasteiger partial charge in [0.25, 0.3) is 0 Å². The van der Waals surface area contributed by atoms with Crippen molar-refractivity contribution in [2.24, 2.45) is 0 Å². The van der Waals surface area contributed by atoms with E-state index < -0.39 is 25.8 Å². The second kappa shape index (κ2) is 24.3. The third kappa shape index (κ3) is 22.0. The molecule has 0 aromatic rings. The maximum atomic E-state index is 13.0. The topological polar surface area (TPSA) is 116 Å². The van der Waals surface area contributed by atoms with E-state index >= 15 is 0 Å². The Morgan fingerprint density at radius 1 is 0.744 bits per heavy atom. The van der Waals surface area contributed by atoms with E-state index in [-0.39, 0.29) is 24.1 Å². The number of hydrogen-bond donors (Lipinski definition) is 4. The van der Waals surface area contributed by atoms with Gasteiger partial charge >= 0.3 is 7.60 Å². The molecule has 0 heterocycles. The molecule has 0 aromatic heterocycles. The van der Waals surface area contributed by atoms with Gasteiger partial charge in [-0.2, -0.15) is 0 Å². The number of nitrogens with zero attached hydrogens (tertiary/aromatic N) is 1. The molecule has 2 unspecified atom stereocenters. The molecule has 0 rings (SSSR count). The maximum Gasteiger partial charge on any atom is 0.385 e. The van der Waals surface area contributed by atoms with Crippen molar-refractivity contribution < 1.29 is 38.5 Å². The Morgan fingerprint density at radius 2 is 1.28 bits per heavy atom. The zero-order valence-corrected chi connectivity index (χ0v) is 26.5. The lowest BCUT2D eigenvalue weighted by molar-refractivity contribution is -0.904. The van der Waals surface area contributed by atoms with E-state index in [4.69, 9.17) is 9.26 Å². The Bertz CT molecular complexity index is 630. The summed E-state index contributed by atoms with van der Waals surface area (Å²) < 4.78 is 24.0. The fourth-order valence-corrected chi connectivity index (χ4v) is 6.81. The Morgan fingerprint density at radius 3 is 1.82 bits per heavy atom. The molecule has 0 amide bonds. The van der Waals surface area contributed by atoms with Gasteiger partial charge in [0.15, 0.2) is 12.1 Å². The van der Waals surface area contributed by atoms with Crippen LogP contribution in [-0.2, 0) is 13.8 Å². The Kier molecular flexibility index (Phi) is 24.1. The molecule has 234 valence electrons. The van der Waals surface area contributed by atoms with Gasteiger partial charge in [0.2, 0.25) is 0 Å². The molecule has 0 radical (unpaired) electrons. The molecule has 0 spiro atoms. The maximum absolute atomic E-state index is 13.0. The number of aliphatic hydroxyl groups excluding tert-OH is 2. The van der Waals surface area contributed by atoms with Gasteiger partial charge in [-0.1, -0.05) is 83.8 Å². The number of hydrogen-bond acceptors (Lipinski definition) is 6. The van der Waals surface area contributed by atoms with Crippen LogP contribution in [0.3, 0.4) is 0 Å². The summed E-state index contributed by atoms with van der Waals surface area (Å²) in [5, 5.41) is 28.5. The molecule has 0 bridgehead atoms. The van der Waals surface area contributed by atoms with Crippen LogP contribution in [0.1, 0.15) is 123 Å². The van der Waals surface area contributed by atoms with Crippen molar-refractivity contribution in [1.82, 2.24) is 0 Å². The second-order valence-electron chi connectivity index (χ2n) is 11.6. The van der Waals surface area contributed by atoms with Crippen LogP contribution in [0.2, 0.25) is 0 Å². The van der Waals surface area contributed by atoms with Crippen LogP contribution in [-0.4, -0.2) is 83.3 Å². The zero-order chi connectivity index (χ0) is 29.4. The van der Waals surface area contributed by atoms with Crippen LogP contribution < -0.4 is 0 Å². The highest BCUT2D eigenvalue weighted by Crippen LogP contribution is 2.52. The smallest absolute Gasteiger partial charge is 0.385 e. The molecule has 0 aliphatic carbocycles. The highest BCUT2D eigenvalue weighted by molar-refractivity contribution is 7.53. The van der Waals surface area contributed by atoms with Gasteiger partial charge in [0.1, 0.15) is 6.10 Å². The summed E-state index contributed by atoms with van der Waals surface area (Å²) in [6, 6.07) is 0. The van der Waals surface area contributed by atoms with Gasteiger partial charge in [0, 0.05) is 19.4 Å². The first-order valence-electron chi connectivity index (χ1n) is 15.6. The average Bonchev–Trinajstić information content (AvgIpc) is 2.88. The highest BCUT2D eigenvalue weighted by Gasteiger charge is 2.44. The molecule has 0 aliphatic heterocycles. The standard InChI is InChI=1S/C30H62NO7P/c1-5-7-8-9-10-11-12-13-14-15-16-17-18-19-20-21-25-37-26-28(32)27-38-39(35,36)29(22-6-2)31(3,4)24-23-30(33)34/h16-17,28-30,32-34H,5-15,18-27H2,1-4H3/p+1/b17-16-/t28-,29?/m1/s1. The van der Waals surface area contributed by atoms with E-state index in [1.54, 1.807) is 14.1 Å². The quantitative estimate of drug-likeness (QED) is 0.0274. The molecule has 0 saturated carbocycles. The third-order valence-electron chi connectivity index (χ3n) is 7.26. The van der Waals surface area contributed by atoms with Crippen LogP contribution in [0, 0.1) is 0 Å². The number of allylic oxidation sites excluding steroid dienone is 2. The van der Waals surface area contributed by atoms with E-state index in [1.165, 1.54) is 64.2 Å². The molecular formula is C30H63NO7P+. The third-order valence-corrected chi connectivity index (χ3v) is 9.41. The van der Waals surface area contributed by atoms with E-state index in [9.17, 15) is 24.8 Å². The molecular weight excluding hydrogens is 517 g/mol. The van der Waals surface area contributed by atoms with Crippen LogP contribution in [0.25, 0.3) is 0 Å². The van der Waals surface area contributed by atoms with Gasteiger partial charge in [-0.25, -0.2) is 0 Å². The zero-order valence-electron chi connectivity index (χ0n) is 25.6. The molecule has 0 fully saturated rings. The summed E-state index contributed by atoms with van der Waals surface area (Å²) in [5.41, 5.74) is 0. The van der Waals surface area contributed by atoms with Gasteiger partial charge in [-0.3, -0.25) is 4.57 Å². The van der Waals surface area contributed by atoms with Gasteiger partial charge in [0.05, 0.1) is 33.9 Å². The minimum atomic E-state index is -4.05. The van der Waals surface area contributed by atoms with Gasteiger partial charge in [-0.15, -0.1) is 0 Å². The van der Waals surface area contributed by atoms with E-state index in [0.717, 1.165) is 25.7 Å². The summed E-state index contributed by atoms with van der Waals surface area (Å²) in [7, 11) is -0.486. The Hall–Kier alpha value is -0.310. The van der Waals surface area contributed by atoms with Crippen molar-refractivity contribution in [2.45, 2.75) is 141 Å². The minimum Gasteiger partial charge on any atom is -0.388 e. The molecule has 3 atom stereocenters. The molecule has 0 aliphatic rings. The SMILES string of the molecule is CCCCCCCCCCC/C=C\CCCCCOC[C@@H](O)COP(=O)(O)C(CCC)[N+](C)(C)CCC(O)O. The van der Waals surface area contributed by atoms with Crippen LogP contribution >= 0.6 is 7.60 Å². The summed E-state index contributed by atoms with van der Waals surface area (Å²) in [5.74, 6) is -0.714. The first-order chi connectivity index (χ1) is 18.6. The van der Waals surface area contributed by atoms with Crippen molar-refractivity contribution in [3.63, 3.8) is 0 Å². The van der Waals surface area contributed by atoms with Gasteiger partial charge < -0.3 is 34.0 Å². The summed E-state index contributed by atoms with van der Waals surface area (Å²) in [6.45, 7) is 4.83. The largest absolute Gasteiger partial charge is 0.388 e. The van der Waals surface area contributed by atoms with Crippen LogP contribution in [0.5, 0.6) is 0 Å². The molecule has 9 heteroatoms. The predicted molar refractivity (Wildman–Crippen MR) is 161 cm³/mol. The number of quaternary nitrogens is 1. The van der Waals surface area contributed by atoms with E-state index in [2.05, 4.69) is 19.1 Å². The van der Waals surface area contributed by atoms with Crippen LogP contribution in [0.15, 0.2) is 12.2 Å². The number of unbranched alkanes of at least 4 members (excludes halogenated alkanes) is 12. The first-order valence-corrected chi connectivity index (χ1v) is 17.3. The molecule has 0 saturated heterocycles. The number of ether oxygens (including phenoxy) is 1. The first kappa shape index (κ1) is 38.7. The van der Waals surface area contributed by atoms with Crippen molar-refractivity contribution in [2.75, 3.05) is 40.5 Å². The Balaban J connectivity index is 3.89. The summed E-state index contributed by atoms with van der Waals surface area (Å²) in [6.07, 6.45) is 21.0. The lowest BCUT2D eigenvalue weighted by Gasteiger charge is -2.39. The molecule has 39 heavy (non-hydrogen) atoms. The summed E-state index contributed by atoms with van der Waals surface area (Å²) in [4.78, 5) is 10.6. The average molecular weight is 581 g/mol. The predicted octanol–water partition coefficient (Wildman–Crippen LogP) is 6.51. The van der Waals surface area contributed by atoms with E-state index in [0.29, 0.717) is 26.0 Å². The number of aliphatic hydroxyl groups is 3.